The molecule has 0 heterocycles. The zero-order valence-electron chi connectivity index (χ0n) is 16.7. The van der Waals surface area contributed by atoms with E-state index in [0.717, 1.165) is 11.1 Å². The second-order valence-electron chi connectivity index (χ2n) is 6.42. The minimum atomic E-state index is -0.231. The predicted molar refractivity (Wildman–Crippen MR) is 111 cm³/mol. The summed E-state index contributed by atoms with van der Waals surface area (Å²) in [6.45, 7) is 0. The molecule has 148 valence electrons. The van der Waals surface area contributed by atoms with E-state index < -0.39 is 0 Å². The molecule has 0 aliphatic carbocycles. The first-order chi connectivity index (χ1) is 13.4. The van der Waals surface area contributed by atoms with Gasteiger partial charge >= 0.3 is 0 Å². The van der Waals surface area contributed by atoms with E-state index in [9.17, 15) is 9.59 Å². The third-order valence-electron chi connectivity index (χ3n) is 4.18. The maximum absolute atomic E-state index is 12.1. The van der Waals surface area contributed by atoms with Crippen molar-refractivity contribution in [2.24, 2.45) is 0 Å². The third-order valence-corrected chi connectivity index (χ3v) is 4.18. The summed E-state index contributed by atoms with van der Waals surface area (Å²) in [5.74, 6) is 1.10. The smallest absolute Gasteiger partial charge is 0.248 e. The fraction of sp³-hybridized carbons (Fsp3) is 0.273. The molecule has 0 fully saturated rings. The lowest BCUT2D eigenvalue weighted by Gasteiger charge is -2.10. The zero-order valence-corrected chi connectivity index (χ0v) is 16.7. The summed E-state index contributed by atoms with van der Waals surface area (Å²) in [6.07, 6.45) is 4.31. The Kier molecular flexibility index (Phi) is 7.63. The van der Waals surface area contributed by atoms with E-state index in [1.807, 2.05) is 30.3 Å². The van der Waals surface area contributed by atoms with Gasteiger partial charge in [-0.25, -0.2) is 0 Å². The normalized spacial score (nSPS) is 10.6. The van der Waals surface area contributed by atoms with Crippen LogP contribution in [0.1, 0.15) is 17.5 Å². The molecule has 0 unspecified atom stereocenters. The van der Waals surface area contributed by atoms with Crippen molar-refractivity contribution in [1.82, 2.24) is 4.90 Å². The van der Waals surface area contributed by atoms with Gasteiger partial charge in [-0.3, -0.25) is 9.59 Å². The molecule has 0 atom stereocenters. The molecule has 6 heteroatoms. The van der Waals surface area contributed by atoms with Gasteiger partial charge in [0.25, 0.3) is 0 Å². The number of nitrogens with zero attached hydrogens (tertiary/aromatic N) is 1. The van der Waals surface area contributed by atoms with E-state index in [2.05, 4.69) is 5.32 Å². The second-order valence-corrected chi connectivity index (χ2v) is 6.42. The van der Waals surface area contributed by atoms with Gasteiger partial charge in [0, 0.05) is 32.3 Å². The Morgan fingerprint density at radius 2 is 1.68 bits per heavy atom. The third kappa shape index (κ3) is 6.16. The average molecular weight is 382 g/mol. The summed E-state index contributed by atoms with van der Waals surface area (Å²) < 4.78 is 10.5. The summed E-state index contributed by atoms with van der Waals surface area (Å²) in [7, 11) is 6.64. The van der Waals surface area contributed by atoms with Gasteiger partial charge in [0.2, 0.25) is 11.8 Å². The van der Waals surface area contributed by atoms with Gasteiger partial charge in [-0.05, 0) is 47.9 Å². The monoisotopic (exact) mass is 382 g/mol. The summed E-state index contributed by atoms with van der Waals surface area (Å²) in [4.78, 5) is 25.4. The molecule has 28 heavy (non-hydrogen) atoms. The molecule has 2 aromatic rings. The summed E-state index contributed by atoms with van der Waals surface area (Å²) in [6, 6.07) is 12.9. The largest absolute Gasteiger partial charge is 0.493 e. The molecule has 0 bridgehead atoms. The second kappa shape index (κ2) is 10.2. The number of nitrogens with one attached hydrogen (secondary N) is 1. The van der Waals surface area contributed by atoms with Crippen LogP contribution in [0.4, 0.5) is 5.69 Å². The number of hydrogen-bond donors (Lipinski definition) is 1. The molecular weight excluding hydrogens is 356 g/mol. The van der Waals surface area contributed by atoms with Crippen molar-refractivity contribution in [3.63, 3.8) is 0 Å². The van der Waals surface area contributed by atoms with E-state index in [4.69, 9.17) is 9.47 Å². The lowest BCUT2D eigenvalue weighted by molar-refractivity contribution is -0.128. The minimum Gasteiger partial charge on any atom is -0.493 e. The van der Waals surface area contributed by atoms with Crippen molar-refractivity contribution >= 4 is 23.6 Å². The number of aryl methyl sites for hydroxylation is 1. The van der Waals surface area contributed by atoms with Crippen LogP contribution in [0.5, 0.6) is 11.5 Å². The summed E-state index contributed by atoms with van der Waals surface area (Å²) in [5, 5.41) is 2.82. The Morgan fingerprint density at radius 1 is 1.00 bits per heavy atom. The van der Waals surface area contributed by atoms with Gasteiger partial charge in [-0.2, -0.15) is 0 Å². The standard InChI is InChI=1S/C22H26N2O4/c1-24(2)22(26)14-9-16-5-10-18(11-6-16)23-21(25)13-8-17-7-12-19(27-3)20(15-17)28-4/h5-8,10-13,15H,9,14H2,1-4H3,(H,23,25)/b13-8+. The van der Waals surface area contributed by atoms with E-state index in [0.29, 0.717) is 30.0 Å². The zero-order chi connectivity index (χ0) is 20.5. The Bertz CT molecular complexity index is 842. The predicted octanol–water partition coefficient (Wildman–Crippen LogP) is 3.38. The molecule has 0 aromatic heterocycles. The van der Waals surface area contributed by atoms with Gasteiger partial charge in [0.05, 0.1) is 14.2 Å². The van der Waals surface area contributed by atoms with Crippen molar-refractivity contribution in [1.29, 1.82) is 0 Å². The van der Waals surface area contributed by atoms with Crippen molar-refractivity contribution in [3.05, 3.63) is 59.7 Å². The molecule has 0 aliphatic rings. The van der Waals surface area contributed by atoms with Gasteiger partial charge < -0.3 is 19.7 Å². The molecule has 1 N–H and O–H groups in total. The maximum Gasteiger partial charge on any atom is 0.248 e. The number of carbonyl (C=O) groups excluding carboxylic acids is 2. The first-order valence-corrected chi connectivity index (χ1v) is 8.93. The Labute approximate surface area is 165 Å². The number of rotatable bonds is 8. The Hall–Kier alpha value is -3.28. The number of ether oxygens (including phenoxy) is 2. The molecule has 2 rings (SSSR count). The van der Waals surface area contributed by atoms with Crippen LogP contribution in [-0.4, -0.2) is 45.0 Å². The van der Waals surface area contributed by atoms with Gasteiger partial charge in [-0.15, -0.1) is 0 Å². The number of benzene rings is 2. The molecular formula is C22H26N2O4. The SMILES string of the molecule is COc1ccc(/C=C/C(=O)Nc2ccc(CCC(=O)N(C)C)cc2)cc1OC. The highest BCUT2D eigenvalue weighted by molar-refractivity contribution is 6.01. The number of anilines is 1. The van der Waals surface area contributed by atoms with Crippen molar-refractivity contribution in [2.75, 3.05) is 33.6 Å². The van der Waals surface area contributed by atoms with Crippen LogP contribution in [-0.2, 0) is 16.0 Å². The Morgan fingerprint density at radius 3 is 2.29 bits per heavy atom. The van der Waals surface area contributed by atoms with E-state index in [-0.39, 0.29) is 11.8 Å². The van der Waals surface area contributed by atoms with E-state index in [1.165, 1.54) is 6.08 Å². The lowest BCUT2D eigenvalue weighted by Crippen LogP contribution is -2.21. The Balaban J connectivity index is 1.92. The molecule has 0 spiro atoms. The first-order valence-electron chi connectivity index (χ1n) is 8.93. The number of carbonyl (C=O) groups is 2. The lowest BCUT2D eigenvalue weighted by atomic mass is 10.1. The maximum atomic E-state index is 12.1. The van der Waals surface area contributed by atoms with Gasteiger partial charge in [-0.1, -0.05) is 18.2 Å². The van der Waals surface area contributed by atoms with Gasteiger partial charge in [0.15, 0.2) is 11.5 Å². The number of amides is 2. The fourth-order valence-corrected chi connectivity index (χ4v) is 2.54. The number of hydrogen-bond acceptors (Lipinski definition) is 4. The van der Waals surface area contributed by atoms with Crippen LogP contribution in [0, 0.1) is 0 Å². The fourth-order valence-electron chi connectivity index (χ4n) is 2.54. The average Bonchev–Trinajstić information content (AvgIpc) is 2.71. The van der Waals surface area contributed by atoms with Crippen LogP contribution < -0.4 is 14.8 Å². The quantitative estimate of drug-likeness (QED) is 0.711. The topological polar surface area (TPSA) is 67.9 Å². The molecule has 0 saturated heterocycles. The highest BCUT2D eigenvalue weighted by Gasteiger charge is 2.05. The summed E-state index contributed by atoms with van der Waals surface area (Å²) in [5.41, 5.74) is 2.58. The highest BCUT2D eigenvalue weighted by atomic mass is 16.5. The molecule has 0 saturated carbocycles. The minimum absolute atomic E-state index is 0.0951. The number of methoxy groups -OCH3 is 2. The van der Waals surface area contributed by atoms with Crippen LogP contribution in [0.2, 0.25) is 0 Å². The van der Waals surface area contributed by atoms with Crippen LogP contribution >= 0.6 is 0 Å². The van der Waals surface area contributed by atoms with E-state index in [1.54, 1.807) is 51.4 Å². The molecule has 0 aliphatic heterocycles. The van der Waals surface area contributed by atoms with Crippen molar-refractivity contribution in [3.8, 4) is 11.5 Å². The van der Waals surface area contributed by atoms with Crippen molar-refractivity contribution in [2.45, 2.75) is 12.8 Å². The molecule has 0 radical (unpaired) electrons. The molecule has 6 nitrogen and oxygen atoms in total. The highest BCUT2D eigenvalue weighted by Crippen LogP contribution is 2.27. The first kappa shape index (κ1) is 21.0. The van der Waals surface area contributed by atoms with Gasteiger partial charge in [0.1, 0.15) is 0 Å². The van der Waals surface area contributed by atoms with Crippen LogP contribution in [0.15, 0.2) is 48.5 Å². The van der Waals surface area contributed by atoms with Crippen LogP contribution in [0.3, 0.4) is 0 Å². The molecule has 2 amide bonds. The summed E-state index contributed by atoms with van der Waals surface area (Å²) >= 11 is 0. The van der Waals surface area contributed by atoms with Crippen molar-refractivity contribution < 1.29 is 19.1 Å². The van der Waals surface area contributed by atoms with E-state index >= 15 is 0 Å². The van der Waals surface area contributed by atoms with Crippen LogP contribution in [0.25, 0.3) is 6.08 Å². The molecule has 2 aromatic carbocycles.